The molecule has 0 aromatic rings. The van der Waals surface area contributed by atoms with Crippen molar-refractivity contribution in [2.45, 2.75) is 12.8 Å². The van der Waals surface area contributed by atoms with Gasteiger partial charge in [0.15, 0.2) is 0 Å². The molecule has 2 bridgehead atoms. The molecule has 1 atom stereocenters. The smallest absolute Gasteiger partial charge is 0.264 e. The monoisotopic (exact) mass is 255 g/mol. The van der Waals surface area contributed by atoms with Crippen LogP contribution in [0.15, 0.2) is 0 Å². The molecule has 3 fully saturated rings. The van der Waals surface area contributed by atoms with Crippen molar-refractivity contribution >= 4 is 22.5 Å². The molecule has 3 saturated heterocycles. The summed E-state index contributed by atoms with van der Waals surface area (Å²) in [6, 6.07) is 0. The molecule has 0 aromatic carbocycles. The first-order valence-corrected chi connectivity index (χ1v) is 6.93. The van der Waals surface area contributed by atoms with Gasteiger partial charge in [-0.3, -0.25) is 4.18 Å². The Hall–Kier alpha value is 0.160. The van der Waals surface area contributed by atoms with E-state index in [1.165, 1.54) is 25.9 Å². The van der Waals surface area contributed by atoms with Gasteiger partial charge in [-0.05, 0) is 37.8 Å². The second-order valence-corrected chi connectivity index (χ2v) is 6.03. The predicted octanol–water partition coefficient (Wildman–Crippen LogP) is 0.726. The van der Waals surface area contributed by atoms with E-state index < -0.39 is 10.1 Å². The molecule has 0 aromatic heterocycles. The Kier molecular flexibility index (Phi) is 4.40. The Morgan fingerprint density at radius 3 is 2.33 bits per heavy atom. The molecular formula is C9H18ClNO3S. The topological polar surface area (TPSA) is 46.6 Å². The van der Waals surface area contributed by atoms with Crippen LogP contribution < -0.4 is 0 Å². The fraction of sp³-hybridized carbons (Fsp3) is 1.00. The highest BCUT2D eigenvalue weighted by Crippen LogP contribution is 2.32. The summed E-state index contributed by atoms with van der Waals surface area (Å²) in [5, 5.41) is 0. The molecule has 3 heterocycles. The SMILES string of the molecule is CS(=O)(=O)OCC1CN2CCC1CC2.Cl. The van der Waals surface area contributed by atoms with Gasteiger partial charge in [0.05, 0.1) is 12.9 Å². The molecular weight excluding hydrogens is 238 g/mol. The summed E-state index contributed by atoms with van der Waals surface area (Å²) < 4.78 is 26.6. The number of hydrogen-bond acceptors (Lipinski definition) is 4. The Labute approximate surface area is 97.5 Å². The molecule has 0 N–H and O–H groups in total. The number of nitrogens with zero attached hydrogens (tertiary/aromatic N) is 1. The normalized spacial score (nSPS) is 34.9. The van der Waals surface area contributed by atoms with E-state index in [0.29, 0.717) is 18.4 Å². The van der Waals surface area contributed by atoms with E-state index in [0.717, 1.165) is 12.8 Å². The third-order valence-electron chi connectivity index (χ3n) is 3.29. The van der Waals surface area contributed by atoms with Gasteiger partial charge in [0.25, 0.3) is 10.1 Å². The zero-order chi connectivity index (χ0) is 10.2. The van der Waals surface area contributed by atoms with Gasteiger partial charge in [-0.25, -0.2) is 0 Å². The van der Waals surface area contributed by atoms with E-state index in [-0.39, 0.29) is 12.4 Å². The van der Waals surface area contributed by atoms with Crippen molar-refractivity contribution in [2.75, 3.05) is 32.5 Å². The first kappa shape index (κ1) is 13.2. The van der Waals surface area contributed by atoms with Gasteiger partial charge in [0.1, 0.15) is 0 Å². The summed E-state index contributed by atoms with van der Waals surface area (Å²) in [6.07, 6.45) is 3.53. The van der Waals surface area contributed by atoms with Crippen molar-refractivity contribution < 1.29 is 12.6 Å². The summed E-state index contributed by atoms with van der Waals surface area (Å²) in [6.45, 7) is 3.75. The third-order valence-corrected chi connectivity index (χ3v) is 3.85. The largest absolute Gasteiger partial charge is 0.303 e. The molecule has 0 aliphatic carbocycles. The van der Waals surface area contributed by atoms with E-state index in [2.05, 4.69) is 4.90 Å². The van der Waals surface area contributed by atoms with Crippen LogP contribution >= 0.6 is 12.4 Å². The van der Waals surface area contributed by atoms with Gasteiger partial charge in [-0.15, -0.1) is 12.4 Å². The van der Waals surface area contributed by atoms with Crippen molar-refractivity contribution in [2.24, 2.45) is 11.8 Å². The molecule has 1 unspecified atom stereocenters. The Balaban J connectivity index is 0.00000112. The van der Waals surface area contributed by atoms with Gasteiger partial charge < -0.3 is 4.90 Å². The zero-order valence-corrected chi connectivity index (χ0v) is 10.5. The molecule has 6 heteroatoms. The van der Waals surface area contributed by atoms with Crippen molar-refractivity contribution in [1.29, 1.82) is 0 Å². The quantitative estimate of drug-likeness (QED) is 0.698. The second kappa shape index (κ2) is 4.99. The van der Waals surface area contributed by atoms with Crippen molar-refractivity contribution in [3.63, 3.8) is 0 Å². The van der Waals surface area contributed by atoms with E-state index in [4.69, 9.17) is 4.18 Å². The van der Waals surface area contributed by atoms with Crippen LogP contribution in [0.4, 0.5) is 0 Å². The standard InChI is InChI=1S/C9H17NO3S.ClH/c1-14(11,12)13-7-9-6-10-4-2-8(9)3-5-10;/h8-9H,2-7H2,1H3;1H. The van der Waals surface area contributed by atoms with E-state index in [1.54, 1.807) is 0 Å². The van der Waals surface area contributed by atoms with Gasteiger partial charge in [0.2, 0.25) is 0 Å². The summed E-state index contributed by atoms with van der Waals surface area (Å²) in [4.78, 5) is 2.40. The van der Waals surface area contributed by atoms with E-state index in [1.807, 2.05) is 0 Å². The molecule has 3 aliphatic rings. The van der Waals surface area contributed by atoms with Gasteiger partial charge in [0, 0.05) is 6.54 Å². The fourth-order valence-corrected chi connectivity index (χ4v) is 2.91. The minimum Gasteiger partial charge on any atom is -0.303 e. The number of rotatable bonds is 3. The lowest BCUT2D eigenvalue weighted by Crippen LogP contribution is -2.48. The van der Waals surface area contributed by atoms with Crippen LogP contribution in [0, 0.1) is 11.8 Å². The van der Waals surface area contributed by atoms with Crippen molar-refractivity contribution in [3.05, 3.63) is 0 Å². The van der Waals surface area contributed by atoms with E-state index in [9.17, 15) is 8.42 Å². The highest BCUT2D eigenvalue weighted by atomic mass is 35.5. The number of piperidine rings is 3. The van der Waals surface area contributed by atoms with Crippen LogP contribution in [0.2, 0.25) is 0 Å². The second-order valence-electron chi connectivity index (χ2n) is 4.39. The van der Waals surface area contributed by atoms with Gasteiger partial charge in [-0.2, -0.15) is 8.42 Å². The van der Waals surface area contributed by atoms with Crippen LogP contribution in [-0.4, -0.2) is 45.8 Å². The average Bonchev–Trinajstić information content (AvgIpc) is 2.16. The van der Waals surface area contributed by atoms with Crippen LogP contribution in [0.5, 0.6) is 0 Å². The maximum Gasteiger partial charge on any atom is 0.264 e. The molecule has 3 rings (SSSR count). The lowest BCUT2D eigenvalue weighted by atomic mass is 9.80. The lowest BCUT2D eigenvalue weighted by molar-refractivity contribution is 0.0273. The maximum absolute atomic E-state index is 10.8. The maximum atomic E-state index is 10.8. The highest BCUT2D eigenvalue weighted by Gasteiger charge is 2.34. The summed E-state index contributed by atoms with van der Waals surface area (Å²) in [7, 11) is -3.26. The number of hydrogen-bond donors (Lipinski definition) is 0. The van der Waals surface area contributed by atoms with Gasteiger partial charge in [-0.1, -0.05) is 0 Å². The zero-order valence-electron chi connectivity index (χ0n) is 8.89. The third kappa shape index (κ3) is 3.59. The Morgan fingerprint density at radius 2 is 1.93 bits per heavy atom. The fourth-order valence-electron chi connectivity index (χ4n) is 2.49. The van der Waals surface area contributed by atoms with E-state index >= 15 is 0 Å². The molecule has 0 amide bonds. The summed E-state index contributed by atoms with van der Waals surface area (Å²) in [5.41, 5.74) is 0. The highest BCUT2D eigenvalue weighted by molar-refractivity contribution is 7.85. The minimum atomic E-state index is -3.26. The van der Waals surface area contributed by atoms with Crippen LogP contribution in [0.3, 0.4) is 0 Å². The minimum absolute atomic E-state index is 0. The molecule has 0 saturated carbocycles. The Bertz CT molecular complexity index is 298. The van der Waals surface area contributed by atoms with Crippen molar-refractivity contribution in [3.8, 4) is 0 Å². The van der Waals surface area contributed by atoms with Crippen LogP contribution in [0.1, 0.15) is 12.8 Å². The van der Waals surface area contributed by atoms with Crippen LogP contribution in [-0.2, 0) is 14.3 Å². The molecule has 3 aliphatic heterocycles. The summed E-state index contributed by atoms with van der Waals surface area (Å²) in [5.74, 6) is 1.11. The molecule has 0 spiro atoms. The predicted molar refractivity (Wildman–Crippen MR) is 60.7 cm³/mol. The first-order chi connectivity index (χ1) is 6.54. The number of halogens is 1. The Morgan fingerprint density at radius 1 is 1.33 bits per heavy atom. The first-order valence-electron chi connectivity index (χ1n) is 5.11. The molecule has 0 radical (unpaired) electrons. The molecule has 4 nitrogen and oxygen atoms in total. The molecule has 90 valence electrons. The molecule has 15 heavy (non-hydrogen) atoms. The number of fused-ring (bicyclic) bond motifs is 3. The lowest BCUT2D eigenvalue weighted by Gasteiger charge is -2.44. The summed E-state index contributed by atoms with van der Waals surface area (Å²) >= 11 is 0. The van der Waals surface area contributed by atoms with Crippen LogP contribution in [0.25, 0.3) is 0 Å². The van der Waals surface area contributed by atoms with Gasteiger partial charge >= 0.3 is 0 Å². The van der Waals surface area contributed by atoms with Crippen molar-refractivity contribution in [1.82, 2.24) is 4.90 Å². The average molecular weight is 256 g/mol.